The quantitative estimate of drug-likeness (QED) is 0.0344. The molecular weight excluding hydrogens is 781 g/mol. The number of carbonyl (C=O) groups excluding carboxylic acids is 3. The molecule has 0 spiro atoms. The Labute approximate surface area is 393 Å². The summed E-state index contributed by atoms with van der Waals surface area (Å²) in [6.45, 7) is 6.67. The summed E-state index contributed by atoms with van der Waals surface area (Å²) < 4.78 is 16.8. The van der Waals surface area contributed by atoms with E-state index in [1.54, 1.807) is 0 Å². The standard InChI is InChI=1S/C57H110O6/c1-4-7-10-13-16-19-22-23-24-25-26-27-28-29-30-31-32-33-34-35-36-39-41-44-47-50-56(59)62-53-54(63-57(60)51-48-45-42-38-21-18-15-12-9-6-3)52-61-55(58)49-46-43-40-37-20-17-14-11-8-5-2/h54H,4-53H2,1-3H3. The van der Waals surface area contributed by atoms with Crippen molar-refractivity contribution in [3.05, 3.63) is 0 Å². The van der Waals surface area contributed by atoms with E-state index in [-0.39, 0.29) is 31.1 Å². The first-order valence-electron chi connectivity index (χ1n) is 28.5. The highest BCUT2D eigenvalue weighted by molar-refractivity contribution is 5.71. The fourth-order valence-electron chi connectivity index (χ4n) is 8.80. The van der Waals surface area contributed by atoms with E-state index in [2.05, 4.69) is 20.8 Å². The average Bonchev–Trinajstić information content (AvgIpc) is 3.28. The van der Waals surface area contributed by atoms with E-state index in [1.807, 2.05) is 0 Å². The summed E-state index contributed by atoms with van der Waals surface area (Å²) in [5.74, 6) is -0.842. The minimum Gasteiger partial charge on any atom is -0.462 e. The highest BCUT2D eigenvalue weighted by Gasteiger charge is 2.19. The summed E-state index contributed by atoms with van der Waals surface area (Å²) in [6, 6.07) is 0. The number of hydrogen-bond acceptors (Lipinski definition) is 6. The molecule has 0 saturated carbocycles. The van der Waals surface area contributed by atoms with Gasteiger partial charge in [0, 0.05) is 19.3 Å². The number of unbranched alkanes of at least 4 members (excludes halogenated alkanes) is 42. The maximum atomic E-state index is 12.7. The molecule has 6 heteroatoms. The van der Waals surface area contributed by atoms with Crippen LogP contribution in [0.4, 0.5) is 0 Å². The molecule has 0 rings (SSSR count). The summed E-state index contributed by atoms with van der Waals surface area (Å²) in [5, 5.41) is 0. The van der Waals surface area contributed by atoms with E-state index in [4.69, 9.17) is 14.2 Å². The SMILES string of the molecule is CCCCCCCCCCCCCCCCCCCCCCCCCCCC(=O)OCC(COC(=O)CCCCCCCCCCCC)OC(=O)CCCCCCCCCCCC. The van der Waals surface area contributed by atoms with Crippen molar-refractivity contribution in [3.8, 4) is 0 Å². The maximum absolute atomic E-state index is 12.7. The van der Waals surface area contributed by atoms with Gasteiger partial charge in [-0.2, -0.15) is 0 Å². The lowest BCUT2D eigenvalue weighted by Crippen LogP contribution is -2.30. The fraction of sp³-hybridized carbons (Fsp3) is 0.947. The topological polar surface area (TPSA) is 78.9 Å². The summed E-state index contributed by atoms with van der Waals surface area (Å²) >= 11 is 0. The van der Waals surface area contributed by atoms with Crippen LogP contribution in [0, 0.1) is 0 Å². The number of rotatable bonds is 53. The number of carbonyl (C=O) groups is 3. The van der Waals surface area contributed by atoms with Crippen LogP contribution >= 0.6 is 0 Å². The first-order chi connectivity index (χ1) is 31.0. The minimum atomic E-state index is -0.759. The number of hydrogen-bond donors (Lipinski definition) is 0. The van der Waals surface area contributed by atoms with Crippen LogP contribution in [0.15, 0.2) is 0 Å². The van der Waals surface area contributed by atoms with Crippen molar-refractivity contribution >= 4 is 17.9 Å². The van der Waals surface area contributed by atoms with E-state index in [1.165, 1.54) is 231 Å². The lowest BCUT2D eigenvalue weighted by atomic mass is 10.0. The molecule has 6 nitrogen and oxygen atoms in total. The largest absolute Gasteiger partial charge is 0.462 e. The molecule has 0 amide bonds. The van der Waals surface area contributed by atoms with Gasteiger partial charge in [0.25, 0.3) is 0 Å². The van der Waals surface area contributed by atoms with Gasteiger partial charge >= 0.3 is 17.9 Å². The Balaban J connectivity index is 4.06. The molecule has 0 fully saturated rings. The van der Waals surface area contributed by atoms with Gasteiger partial charge in [-0.25, -0.2) is 0 Å². The molecule has 0 aromatic heterocycles. The zero-order valence-corrected chi connectivity index (χ0v) is 42.9. The number of esters is 3. The molecule has 63 heavy (non-hydrogen) atoms. The Morgan fingerprint density at radius 3 is 0.635 bits per heavy atom. The van der Waals surface area contributed by atoms with E-state index in [0.29, 0.717) is 19.3 Å². The zero-order valence-electron chi connectivity index (χ0n) is 42.9. The summed E-state index contributed by atoms with van der Waals surface area (Å²) in [5.41, 5.74) is 0. The van der Waals surface area contributed by atoms with E-state index in [0.717, 1.165) is 57.8 Å². The van der Waals surface area contributed by atoms with Crippen LogP contribution in [0.25, 0.3) is 0 Å². The van der Waals surface area contributed by atoms with E-state index in [9.17, 15) is 14.4 Å². The van der Waals surface area contributed by atoms with Crippen molar-refractivity contribution in [1.82, 2.24) is 0 Å². The molecule has 0 saturated heterocycles. The van der Waals surface area contributed by atoms with Crippen LogP contribution in [0.3, 0.4) is 0 Å². The zero-order chi connectivity index (χ0) is 45.8. The first kappa shape index (κ1) is 61.4. The van der Waals surface area contributed by atoms with Crippen molar-refractivity contribution in [1.29, 1.82) is 0 Å². The average molecular weight is 892 g/mol. The maximum Gasteiger partial charge on any atom is 0.306 e. The van der Waals surface area contributed by atoms with Crippen LogP contribution in [0.2, 0.25) is 0 Å². The highest BCUT2D eigenvalue weighted by atomic mass is 16.6. The van der Waals surface area contributed by atoms with Gasteiger partial charge in [-0.3, -0.25) is 14.4 Å². The molecule has 0 aliphatic rings. The fourth-order valence-corrected chi connectivity index (χ4v) is 8.80. The van der Waals surface area contributed by atoms with Crippen molar-refractivity contribution in [3.63, 3.8) is 0 Å². The summed E-state index contributed by atoms with van der Waals surface area (Å²) in [7, 11) is 0. The molecule has 374 valence electrons. The third kappa shape index (κ3) is 51.3. The Bertz CT molecular complexity index is 936. The second-order valence-electron chi connectivity index (χ2n) is 19.6. The molecule has 0 aliphatic heterocycles. The molecule has 0 aliphatic carbocycles. The van der Waals surface area contributed by atoms with E-state index < -0.39 is 6.10 Å². The van der Waals surface area contributed by atoms with Gasteiger partial charge in [0.2, 0.25) is 0 Å². The second kappa shape index (κ2) is 53.0. The van der Waals surface area contributed by atoms with Gasteiger partial charge in [-0.15, -0.1) is 0 Å². The predicted octanol–water partition coefficient (Wildman–Crippen LogP) is 18.8. The van der Waals surface area contributed by atoms with Crippen LogP contribution < -0.4 is 0 Å². The minimum absolute atomic E-state index is 0.0619. The van der Waals surface area contributed by atoms with Gasteiger partial charge in [0.05, 0.1) is 0 Å². The van der Waals surface area contributed by atoms with Gasteiger partial charge in [0.1, 0.15) is 13.2 Å². The smallest absolute Gasteiger partial charge is 0.306 e. The van der Waals surface area contributed by atoms with Crippen LogP contribution in [0.5, 0.6) is 0 Å². The van der Waals surface area contributed by atoms with Crippen LogP contribution in [-0.4, -0.2) is 37.2 Å². The molecule has 0 bridgehead atoms. The van der Waals surface area contributed by atoms with Crippen molar-refractivity contribution < 1.29 is 28.6 Å². The Morgan fingerprint density at radius 1 is 0.254 bits per heavy atom. The van der Waals surface area contributed by atoms with Gasteiger partial charge in [-0.1, -0.05) is 290 Å². The lowest BCUT2D eigenvalue weighted by Gasteiger charge is -2.18. The normalized spacial score (nSPS) is 11.9. The Kier molecular flexibility index (Phi) is 51.7. The van der Waals surface area contributed by atoms with Gasteiger partial charge in [0.15, 0.2) is 6.10 Å². The predicted molar refractivity (Wildman–Crippen MR) is 270 cm³/mol. The molecule has 1 unspecified atom stereocenters. The Hall–Kier alpha value is -1.59. The van der Waals surface area contributed by atoms with Crippen molar-refractivity contribution in [2.45, 2.75) is 335 Å². The lowest BCUT2D eigenvalue weighted by molar-refractivity contribution is -0.167. The molecule has 0 heterocycles. The van der Waals surface area contributed by atoms with E-state index >= 15 is 0 Å². The van der Waals surface area contributed by atoms with Crippen molar-refractivity contribution in [2.24, 2.45) is 0 Å². The Morgan fingerprint density at radius 2 is 0.429 bits per heavy atom. The molecule has 0 radical (unpaired) electrons. The highest BCUT2D eigenvalue weighted by Crippen LogP contribution is 2.18. The van der Waals surface area contributed by atoms with Crippen molar-refractivity contribution in [2.75, 3.05) is 13.2 Å². The molecule has 1 atom stereocenters. The van der Waals surface area contributed by atoms with Gasteiger partial charge < -0.3 is 14.2 Å². The van der Waals surface area contributed by atoms with Crippen LogP contribution in [-0.2, 0) is 28.6 Å². The summed E-state index contributed by atoms with van der Waals surface area (Å²) in [4.78, 5) is 37.9. The summed E-state index contributed by atoms with van der Waals surface area (Å²) in [6.07, 6.45) is 58.3. The monoisotopic (exact) mass is 891 g/mol. The molecular formula is C57H110O6. The van der Waals surface area contributed by atoms with Gasteiger partial charge in [-0.05, 0) is 19.3 Å². The second-order valence-corrected chi connectivity index (χ2v) is 19.6. The third-order valence-corrected chi connectivity index (χ3v) is 13.1. The first-order valence-corrected chi connectivity index (χ1v) is 28.5. The molecule has 0 aromatic carbocycles. The number of ether oxygens (including phenoxy) is 3. The molecule has 0 aromatic rings. The third-order valence-electron chi connectivity index (χ3n) is 13.1. The molecule has 0 N–H and O–H groups in total. The van der Waals surface area contributed by atoms with Crippen LogP contribution in [0.1, 0.15) is 329 Å².